The van der Waals surface area contributed by atoms with E-state index in [2.05, 4.69) is 5.32 Å². The van der Waals surface area contributed by atoms with Crippen molar-refractivity contribution in [3.05, 3.63) is 53.1 Å². The Morgan fingerprint density at radius 2 is 1.95 bits per heavy atom. The number of anilines is 2. The third kappa shape index (κ3) is 3.16. The number of thiocarbonyl (C=S) groups is 1. The van der Waals surface area contributed by atoms with Gasteiger partial charge in [-0.3, -0.25) is 0 Å². The molecule has 0 aliphatic heterocycles. The number of nitrogens with one attached hydrogen (secondary N) is 1. The van der Waals surface area contributed by atoms with Crippen LogP contribution in [0, 0.1) is 0 Å². The molecule has 0 atom stereocenters. The Hall–Kier alpha value is -1.78. The molecule has 3 N–H and O–H groups in total. The summed E-state index contributed by atoms with van der Waals surface area (Å²) in [5.41, 5.74) is 8.06. The number of halogens is 1. The van der Waals surface area contributed by atoms with Crippen LogP contribution in [-0.2, 0) is 0 Å². The predicted octanol–water partition coefficient (Wildman–Crippen LogP) is 3.73. The van der Waals surface area contributed by atoms with Crippen molar-refractivity contribution in [3.63, 3.8) is 0 Å². The topological polar surface area (TPSA) is 47.3 Å². The second-order valence-corrected chi connectivity index (χ2v) is 4.76. The maximum absolute atomic E-state index is 6.00. The molecule has 2 aromatic carbocycles. The van der Waals surface area contributed by atoms with Crippen LogP contribution in [0.15, 0.2) is 42.5 Å². The monoisotopic (exact) mass is 292 g/mol. The van der Waals surface area contributed by atoms with Gasteiger partial charge in [0.15, 0.2) is 0 Å². The summed E-state index contributed by atoms with van der Waals surface area (Å²) in [7, 11) is 1.61. The minimum absolute atomic E-state index is 0.337. The van der Waals surface area contributed by atoms with E-state index in [4.69, 9.17) is 34.3 Å². The Morgan fingerprint density at radius 3 is 2.63 bits per heavy atom. The van der Waals surface area contributed by atoms with Gasteiger partial charge in [0, 0.05) is 16.3 Å². The lowest BCUT2D eigenvalue weighted by molar-refractivity contribution is 0.417. The summed E-state index contributed by atoms with van der Waals surface area (Å²) in [6, 6.07) is 12.9. The summed E-state index contributed by atoms with van der Waals surface area (Å²) in [6.45, 7) is 0. The molecule has 19 heavy (non-hydrogen) atoms. The molecule has 98 valence electrons. The fraction of sp³-hybridized carbons (Fsp3) is 0.0714. The van der Waals surface area contributed by atoms with Gasteiger partial charge in [-0.2, -0.15) is 0 Å². The summed E-state index contributed by atoms with van der Waals surface area (Å²) >= 11 is 11.0. The van der Waals surface area contributed by atoms with E-state index in [1.54, 1.807) is 25.3 Å². The number of benzene rings is 2. The zero-order valence-electron chi connectivity index (χ0n) is 10.3. The SMILES string of the molecule is COc1ccc(Cl)cc1Nc1ccccc1C(N)=S. The zero-order chi connectivity index (χ0) is 13.8. The first-order valence-corrected chi connectivity index (χ1v) is 6.40. The normalized spacial score (nSPS) is 10.0. The molecule has 0 heterocycles. The summed E-state index contributed by atoms with van der Waals surface area (Å²) in [5, 5.41) is 3.86. The molecule has 0 unspecified atom stereocenters. The standard InChI is InChI=1S/C14H13ClN2OS/c1-18-13-7-6-9(15)8-12(13)17-11-5-3-2-4-10(11)14(16)19/h2-8,17H,1H3,(H2,16,19). The van der Waals surface area contributed by atoms with Crippen LogP contribution in [0.3, 0.4) is 0 Å². The Balaban J connectivity index is 2.41. The van der Waals surface area contributed by atoms with Gasteiger partial charge in [0.2, 0.25) is 0 Å². The summed E-state index contributed by atoms with van der Waals surface area (Å²) in [4.78, 5) is 0.337. The van der Waals surface area contributed by atoms with Crippen molar-refractivity contribution in [3.8, 4) is 5.75 Å². The average Bonchev–Trinajstić information content (AvgIpc) is 2.39. The van der Waals surface area contributed by atoms with E-state index in [9.17, 15) is 0 Å². The first kappa shape index (κ1) is 13.6. The van der Waals surface area contributed by atoms with Gasteiger partial charge < -0.3 is 15.8 Å². The van der Waals surface area contributed by atoms with Gasteiger partial charge in [-0.25, -0.2) is 0 Å². The number of para-hydroxylation sites is 1. The molecule has 0 aliphatic rings. The van der Waals surface area contributed by atoms with Gasteiger partial charge in [0.1, 0.15) is 10.7 Å². The third-order valence-corrected chi connectivity index (χ3v) is 3.08. The van der Waals surface area contributed by atoms with Gasteiger partial charge in [-0.15, -0.1) is 0 Å². The van der Waals surface area contributed by atoms with Crippen LogP contribution in [0.1, 0.15) is 5.56 Å². The van der Waals surface area contributed by atoms with Crippen molar-refractivity contribution >= 4 is 40.2 Å². The molecule has 0 radical (unpaired) electrons. The average molecular weight is 293 g/mol. The summed E-state index contributed by atoms with van der Waals surface area (Å²) in [5.74, 6) is 0.696. The molecular formula is C14H13ClN2OS. The fourth-order valence-corrected chi connectivity index (χ4v) is 2.08. The second kappa shape index (κ2) is 5.91. The second-order valence-electron chi connectivity index (χ2n) is 3.88. The lowest BCUT2D eigenvalue weighted by Gasteiger charge is -2.14. The largest absolute Gasteiger partial charge is 0.495 e. The summed E-state index contributed by atoms with van der Waals surface area (Å²) in [6.07, 6.45) is 0. The van der Waals surface area contributed by atoms with Crippen LogP contribution in [-0.4, -0.2) is 12.1 Å². The van der Waals surface area contributed by atoms with E-state index in [0.717, 1.165) is 16.9 Å². The lowest BCUT2D eigenvalue weighted by Crippen LogP contribution is -2.11. The number of ether oxygens (including phenoxy) is 1. The Kier molecular flexibility index (Phi) is 4.24. The van der Waals surface area contributed by atoms with Gasteiger partial charge >= 0.3 is 0 Å². The molecule has 0 aliphatic carbocycles. The smallest absolute Gasteiger partial charge is 0.142 e. The molecule has 0 bridgehead atoms. The molecular weight excluding hydrogens is 280 g/mol. The van der Waals surface area contributed by atoms with Crippen molar-refractivity contribution in [2.75, 3.05) is 12.4 Å². The number of hydrogen-bond acceptors (Lipinski definition) is 3. The van der Waals surface area contributed by atoms with E-state index < -0.39 is 0 Å². The lowest BCUT2D eigenvalue weighted by atomic mass is 10.1. The predicted molar refractivity (Wildman–Crippen MR) is 83.6 cm³/mol. The van der Waals surface area contributed by atoms with Crippen molar-refractivity contribution < 1.29 is 4.74 Å². The molecule has 5 heteroatoms. The molecule has 0 fully saturated rings. The number of nitrogens with two attached hydrogens (primary N) is 1. The highest BCUT2D eigenvalue weighted by Crippen LogP contribution is 2.31. The highest BCUT2D eigenvalue weighted by molar-refractivity contribution is 7.80. The van der Waals surface area contributed by atoms with Crippen molar-refractivity contribution in [1.82, 2.24) is 0 Å². The number of methoxy groups -OCH3 is 1. The molecule has 3 nitrogen and oxygen atoms in total. The highest BCUT2D eigenvalue weighted by Gasteiger charge is 2.08. The molecule has 0 aromatic heterocycles. The van der Waals surface area contributed by atoms with Gasteiger partial charge in [-0.1, -0.05) is 36.0 Å². The molecule has 0 saturated carbocycles. The van der Waals surface area contributed by atoms with Crippen molar-refractivity contribution in [1.29, 1.82) is 0 Å². The Morgan fingerprint density at radius 1 is 1.21 bits per heavy atom. The van der Waals surface area contributed by atoms with Crippen LogP contribution in [0.5, 0.6) is 5.75 Å². The van der Waals surface area contributed by atoms with E-state index in [1.165, 1.54) is 0 Å². The quantitative estimate of drug-likeness (QED) is 0.843. The van der Waals surface area contributed by atoms with Crippen LogP contribution < -0.4 is 15.8 Å². The van der Waals surface area contributed by atoms with Crippen LogP contribution in [0.4, 0.5) is 11.4 Å². The molecule has 2 rings (SSSR count). The first-order chi connectivity index (χ1) is 9.11. The van der Waals surface area contributed by atoms with E-state index in [-0.39, 0.29) is 0 Å². The molecule has 2 aromatic rings. The van der Waals surface area contributed by atoms with E-state index in [1.807, 2.05) is 24.3 Å². The molecule has 0 saturated heterocycles. The molecule has 0 amide bonds. The van der Waals surface area contributed by atoms with Crippen LogP contribution in [0.25, 0.3) is 0 Å². The van der Waals surface area contributed by atoms with E-state index in [0.29, 0.717) is 15.8 Å². The minimum Gasteiger partial charge on any atom is -0.495 e. The Labute approximate surface area is 122 Å². The van der Waals surface area contributed by atoms with Gasteiger partial charge in [-0.05, 0) is 30.3 Å². The van der Waals surface area contributed by atoms with Crippen molar-refractivity contribution in [2.45, 2.75) is 0 Å². The first-order valence-electron chi connectivity index (χ1n) is 5.61. The number of hydrogen-bond donors (Lipinski definition) is 2. The highest BCUT2D eigenvalue weighted by atomic mass is 35.5. The minimum atomic E-state index is 0.337. The maximum Gasteiger partial charge on any atom is 0.142 e. The van der Waals surface area contributed by atoms with E-state index >= 15 is 0 Å². The van der Waals surface area contributed by atoms with Crippen LogP contribution >= 0.6 is 23.8 Å². The van der Waals surface area contributed by atoms with Gasteiger partial charge in [0.25, 0.3) is 0 Å². The van der Waals surface area contributed by atoms with Crippen LogP contribution in [0.2, 0.25) is 5.02 Å². The maximum atomic E-state index is 6.00. The third-order valence-electron chi connectivity index (χ3n) is 2.62. The molecule has 0 spiro atoms. The van der Waals surface area contributed by atoms with Crippen molar-refractivity contribution in [2.24, 2.45) is 5.73 Å². The fourth-order valence-electron chi connectivity index (χ4n) is 1.73. The van der Waals surface area contributed by atoms with Gasteiger partial charge in [0.05, 0.1) is 12.8 Å². The summed E-state index contributed by atoms with van der Waals surface area (Å²) < 4.78 is 5.29. The Bertz CT molecular complexity index is 616. The zero-order valence-corrected chi connectivity index (χ0v) is 11.9. The number of rotatable bonds is 4.